The monoisotopic (exact) mass is 192 g/mol. The highest BCUT2D eigenvalue weighted by Gasteiger charge is 1.92. The molecule has 0 unspecified atom stereocenters. The van der Waals surface area contributed by atoms with Crippen molar-refractivity contribution in [3.8, 4) is 0 Å². The molecule has 48 valence electrons. The van der Waals surface area contributed by atoms with E-state index in [0.29, 0.717) is 0 Å². The van der Waals surface area contributed by atoms with Crippen LogP contribution in [0, 0.1) is 6.85 Å². The molecule has 0 saturated carbocycles. The third-order valence-electron chi connectivity index (χ3n) is 0.753. The van der Waals surface area contributed by atoms with Crippen molar-refractivity contribution in [2.45, 2.75) is 6.85 Å². The summed E-state index contributed by atoms with van der Waals surface area (Å²) in [5.41, 5.74) is 4.96. The van der Waals surface area contributed by atoms with Crippen LogP contribution < -0.4 is 5.73 Å². The summed E-state index contributed by atoms with van der Waals surface area (Å²) in [6, 6.07) is -0.293. The molecule has 2 nitrogen and oxygen atoms in total. The number of nitrogens with two attached hydrogens (primary N) is 1. The fraction of sp³-hybridized carbons (Fsp3) is 0.167. The molecule has 0 aromatic carbocycles. The van der Waals surface area contributed by atoms with Crippen molar-refractivity contribution in [2.75, 3.05) is 5.73 Å². The fourth-order valence-corrected chi connectivity index (χ4v) is 0.641. The van der Waals surface area contributed by atoms with E-state index >= 15 is 0 Å². The molecule has 0 aliphatic heterocycles. The molecule has 0 saturated heterocycles. The van der Waals surface area contributed by atoms with Crippen molar-refractivity contribution >= 4 is 21.6 Å². The van der Waals surface area contributed by atoms with Gasteiger partial charge in [0.2, 0.25) is 0 Å². The first kappa shape index (κ1) is 2.58. The summed E-state index contributed by atoms with van der Waals surface area (Å²) in [5.74, 6) is 0. The molecule has 1 rings (SSSR count). The molecule has 0 radical (unpaired) electrons. The number of pyridine rings is 1. The average Bonchev–Trinajstić information content (AvgIpc) is 2.06. The number of hydrogen-bond acceptors (Lipinski definition) is 2. The molecule has 3 heteroatoms. The maximum atomic E-state index is 7.46. The summed E-state index contributed by atoms with van der Waals surface area (Å²) >= 11 is 2.95. The Balaban J connectivity index is 3.49. The standard InChI is InChI=1S/C6H7BrN2/c1-4-2-5(7)6(8)3-9-4/h2-3H,8H2,1H3/i1+1D3,2D,3D. The summed E-state index contributed by atoms with van der Waals surface area (Å²) in [6.07, 6.45) is -0.334. The first-order valence-electron chi connectivity index (χ1n) is 4.67. The molecule has 0 atom stereocenters. The van der Waals surface area contributed by atoms with Crippen molar-refractivity contribution in [3.05, 3.63) is 22.4 Å². The quantitative estimate of drug-likeness (QED) is 0.637. The van der Waals surface area contributed by atoms with Crippen LogP contribution in [0.25, 0.3) is 0 Å². The Labute approximate surface area is 69.2 Å². The highest BCUT2D eigenvalue weighted by Crippen LogP contribution is 2.17. The number of nitrogens with zero attached hydrogens (tertiary/aromatic N) is 1. The third-order valence-corrected chi connectivity index (χ3v) is 1.38. The number of hydrogen-bond donors (Lipinski definition) is 1. The summed E-state index contributed by atoms with van der Waals surface area (Å²) in [7, 11) is 0. The lowest BCUT2D eigenvalue weighted by atomic mass is 10.4. The van der Waals surface area contributed by atoms with Crippen LogP contribution in [0.2, 0.25) is 0 Å². The van der Waals surface area contributed by atoms with Gasteiger partial charge in [-0.25, -0.2) is 0 Å². The van der Waals surface area contributed by atoms with Crippen LogP contribution >= 0.6 is 15.9 Å². The summed E-state index contributed by atoms with van der Waals surface area (Å²) in [4.78, 5) is 3.47. The summed E-state index contributed by atoms with van der Waals surface area (Å²) in [6.45, 7) is -2.50. The van der Waals surface area contributed by atoms with Crippen molar-refractivity contribution in [1.82, 2.24) is 4.98 Å². The second kappa shape index (κ2) is 2.35. The lowest BCUT2D eigenvalue weighted by Crippen LogP contribution is -1.88. The van der Waals surface area contributed by atoms with Gasteiger partial charge in [0.25, 0.3) is 0 Å². The van der Waals surface area contributed by atoms with Gasteiger partial charge in [-0.05, 0) is 28.8 Å². The zero-order valence-corrected chi connectivity index (χ0v) is 5.99. The minimum Gasteiger partial charge on any atom is -0.397 e. The highest BCUT2D eigenvalue weighted by atomic mass is 79.9. The molecule has 1 aromatic heterocycles. The van der Waals surface area contributed by atoms with E-state index in [2.05, 4.69) is 20.9 Å². The number of nitrogen functional groups attached to an aromatic ring is 1. The Kier molecular flexibility index (Phi) is 0.674. The van der Waals surface area contributed by atoms with Crippen LogP contribution in [0.15, 0.2) is 16.7 Å². The van der Waals surface area contributed by atoms with E-state index in [9.17, 15) is 0 Å². The predicted octanol–water partition coefficient (Wildman–Crippen LogP) is 1.73. The van der Waals surface area contributed by atoms with Gasteiger partial charge in [-0.3, -0.25) is 4.98 Å². The Hall–Kier alpha value is -0.570. The molecule has 0 aliphatic carbocycles. The van der Waals surface area contributed by atoms with Gasteiger partial charge in [-0.15, -0.1) is 0 Å². The lowest BCUT2D eigenvalue weighted by molar-refractivity contribution is 1.20. The maximum Gasteiger partial charge on any atom is 0.0863 e. The minimum absolute atomic E-state index is 0.0250. The summed E-state index contributed by atoms with van der Waals surface area (Å²) < 4.78 is 36.1. The van der Waals surface area contributed by atoms with Crippen molar-refractivity contribution in [3.63, 3.8) is 0 Å². The molecule has 9 heavy (non-hydrogen) atoms. The van der Waals surface area contributed by atoms with E-state index < -0.39 is 12.5 Å². The van der Waals surface area contributed by atoms with Gasteiger partial charge in [0, 0.05) is 14.3 Å². The number of aromatic nitrogens is 1. The van der Waals surface area contributed by atoms with Gasteiger partial charge in [-0.2, -0.15) is 0 Å². The van der Waals surface area contributed by atoms with E-state index in [1.807, 2.05) is 0 Å². The van der Waals surface area contributed by atoms with Crippen LogP contribution in [0.4, 0.5) is 5.69 Å². The van der Waals surface area contributed by atoms with Crippen molar-refractivity contribution in [1.29, 1.82) is 0 Å². The lowest BCUT2D eigenvalue weighted by Gasteiger charge is -1.95. The minimum atomic E-state index is -2.50. The molecule has 0 fully saturated rings. The van der Waals surface area contributed by atoms with Gasteiger partial charge >= 0.3 is 0 Å². The SMILES string of the molecule is [2H]c1nc([13C]([2H])([2H])[2H])c([2H])c(Br)c1N. The van der Waals surface area contributed by atoms with Crippen LogP contribution in [0.5, 0.6) is 0 Å². The topological polar surface area (TPSA) is 38.9 Å². The van der Waals surface area contributed by atoms with Crippen molar-refractivity contribution < 1.29 is 6.85 Å². The first-order chi connectivity index (χ1) is 6.25. The number of anilines is 1. The molecular formula is C6H7BrN2. The van der Waals surface area contributed by atoms with E-state index in [-0.39, 0.29) is 22.4 Å². The smallest absolute Gasteiger partial charge is 0.0863 e. The van der Waals surface area contributed by atoms with Gasteiger partial charge < -0.3 is 5.73 Å². The first-order valence-corrected chi connectivity index (χ1v) is 2.97. The van der Waals surface area contributed by atoms with Crippen LogP contribution in [-0.4, -0.2) is 4.98 Å². The molecular weight excluding hydrogens is 181 g/mol. The van der Waals surface area contributed by atoms with E-state index in [4.69, 9.17) is 12.6 Å². The van der Waals surface area contributed by atoms with Gasteiger partial charge in [0.15, 0.2) is 0 Å². The van der Waals surface area contributed by atoms with E-state index in [0.717, 1.165) is 0 Å². The molecule has 0 spiro atoms. The molecule has 0 bridgehead atoms. The van der Waals surface area contributed by atoms with E-state index in [1.165, 1.54) is 0 Å². The summed E-state index contributed by atoms with van der Waals surface area (Å²) in [5, 5.41) is 0. The second-order valence-electron chi connectivity index (χ2n) is 1.42. The van der Waals surface area contributed by atoms with Gasteiger partial charge in [0.1, 0.15) is 0 Å². The van der Waals surface area contributed by atoms with E-state index in [1.54, 1.807) is 0 Å². The predicted molar refractivity (Wildman–Crippen MR) is 41.1 cm³/mol. The number of halogens is 1. The molecule has 1 aromatic rings. The Morgan fingerprint density at radius 1 is 2.00 bits per heavy atom. The number of rotatable bonds is 0. The van der Waals surface area contributed by atoms with Crippen LogP contribution in [-0.2, 0) is 0 Å². The van der Waals surface area contributed by atoms with Crippen LogP contribution in [0.3, 0.4) is 0 Å². The zero-order valence-electron chi connectivity index (χ0n) is 9.40. The zero-order chi connectivity index (χ0) is 11.1. The molecule has 2 N–H and O–H groups in total. The average molecular weight is 193 g/mol. The van der Waals surface area contributed by atoms with Gasteiger partial charge in [0.05, 0.1) is 14.6 Å². The molecule has 1 heterocycles. The van der Waals surface area contributed by atoms with Crippen LogP contribution in [0.1, 0.15) is 12.5 Å². The number of aryl methyl sites for hydroxylation is 1. The largest absolute Gasteiger partial charge is 0.397 e. The Bertz CT molecular complexity index is 375. The Morgan fingerprint density at radius 3 is 3.44 bits per heavy atom. The second-order valence-corrected chi connectivity index (χ2v) is 2.22. The normalized spacial score (nSPS) is 19.0. The Morgan fingerprint density at radius 2 is 2.78 bits per heavy atom. The van der Waals surface area contributed by atoms with Crippen molar-refractivity contribution in [2.24, 2.45) is 0 Å². The third kappa shape index (κ3) is 1.42. The molecule has 0 aliphatic rings. The highest BCUT2D eigenvalue weighted by molar-refractivity contribution is 9.10. The maximum absolute atomic E-state index is 7.46. The van der Waals surface area contributed by atoms with Gasteiger partial charge in [-0.1, -0.05) is 0 Å². The fourth-order valence-electron chi connectivity index (χ4n) is 0.364. The molecule has 0 amide bonds.